The van der Waals surface area contributed by atoms with Crippen LogP contribution < -0.4 is 14.2 Å². The van der Waals surface area contributed by atoms with Crippen LogP contribution in [0.1, 0.15) is 66.4 Å². The molecule has 17 nitrogen and oxygen atoms in total. The normalized spacial score (nSPS) is 15.3. The first-order chi connectivity index (χ1) is 24.0. The number of aryl methyl sites for hydroxylation is 1. The molecule has 0 bridgehead atoms. The predicted molar refractivity (Wildman–Crippen MR) is 186 cm³/mol. The van der Waals surface area contributed by atoms with Gasteiger partial charge in [0.15, 0.2) is 0 Å². The van der Waals surface area contributed by atoms with Gasteiger partial charge in [-0.2, -0.15) is 12.7 Å². The van der Waals surface area contributed by atoms with E-state index < -0.39 is 71.3 Å². The third-order valence-corrected chi connectivity index (χ3v) is 10.2. The van der Waals surface area contributed by atoms with Crippen molar-refractivity contribution in [3.05, 3.63) is 48.0 Å². The first-order valence-electron chi connectivity index (χ1n) is 16.2. The van der Waals surface area contributed by atoms with Crippen LogP contribution in [0.3, 0.4) is 0 Å². The molecule has 1 aliphatic rings. The van der Waals surface area contributed by atoms with Gasteiger partial charge in [0.05, 0.1) is 20.3 Å². The number of carbonyl (C=O) groups excluding carboxylic acids is 3. The Kier molecular flexibility index (Phi) is 13.6. The Hall–Kier alpha value is -4.46. The second-order valence-corrected chi connectivity index (χ2v) is 16.9. The summed E-state index contributed by atoms with van der Waals surface area (Å²) in [6, 6.07) is 8.17. The Morgan fingerprint density at radius 2 is 1.54 bits per heavy atom. The maximum Gasteiger partial charge on any atom is 0.442 e. The van der Waals surface area contributed by atoms with E-state index in [2.05, 4.69) is 5.32 Å². The minimum atomic E-state index is -4.73. The van der Waals surface area contributed by atoms with Gasteiger partial charge in [-0.3, -0.25) is 20.4 Å². The lowest BCUT2D eigenvalue weighted by atomic mass is 10.2. The quantitative estimate of drug-likeness (QED) is 0.0579. The molecule has 2 N–H and O–H groups in total. The van der Waals surface area contributed by atoms with Crippen LogP contribution in [0.5, 0.6) is 11.5 Å². The van der Waals surface area contributed by atoms with Crippen molar-refractivity contribution in [2.75, 3.05) is 26.9 Å². The molecule has 19 heteroatoms. The van der Waals surface area contributed by atoms with E-state index in [0.717, 1.165) is 23.5 Å². The average molecular weight is 771 g/mol. The molecule has 3 rings (SSSR count). The van der Waals surface area contributed by atoms with E-state index in [4.69, 9.17) is 33.4 Å². The Bertz CT molecular complexity index is 1850. The molecule has 0 aromatic heterocycles. The largest absolute Gasteiger partial charge is 0.493 e. The molecule has 0 spiro atoms. The zero-order valence-electron chi connectivity index (χ0n) is 30.4. The Labute approximate surface area is 304 Å². The third-order valence-electron chi connectivity index (χ3n) is 6.77. The van der Waals surface area contributed by atoms with Crippen LogP contribution in [0.25, 0.3) is 0 Å². The van der Waals surface area contributed by atoms with Crippen LogP contribution >= 0.6 is 0 Å². The number of hydroxylamine groups is 2. The summed E-state index contributed by atoms with van der Waals surface area (Å²) in [5.41, 5.74) is -1.25. The summed E-state index contributed by atoms with van der Waals surface area (Å²) < 4.78 is 81.6. The zero-order chi connectivity index (χ0) is 39.1. The summed E-state index contributed by atoms with van der Waals surface area (Å²) in [6.07, 6.45) is -1.28. The Morgan fingerprint density at radius 3 is 2.15 bits per heavy atom. The van der Waals surface area contributed by atoms with Gasteiger partial charge in [-0.25, -0.2) is 18.0 Å². The molecule has 2 aromatic carbocycles. The molecule has 0 aliphatic carbocycles. The van der Waals surface area contributed by atoms with Crippen molar-refractivity contribution < 1.29 is 59.2 Å². The topological polar surface area (TPSA) is 217 Å². The molecule has 1 unspecified atom stereocenters. The Morgan fingerprint density at radius 1 is 0.923 bits per heavy atom. The van der Waals surface area contributed by atoms with E-state index in [0.29, 0.717) is 17.0 Å². The summed E-state index contributed by atoms with van der Waals surface area (Å²) in [7, 11) is -8.04. The van der Waals surface area contributed by atoms with Gasteiger partial charge >= 0.3 is 28.3 Å². The molecule has 1 heterocycles. The molecule has 1 aliphatic heterocycles. The number of sulfonamides is 1. The fourth-order valence-electron chi connectivity index (χ4n) is 4.78. The van der Waals surface area contributed by atoms with Crippen molar-refractivity contribution in [3.8, 4) is 11.5 Å². The van der Waals surface area contributed by atoms with Gasteiger partial charge in [-0.15, -0.1) is 5.06 Å². The number of amides is 2. The highest BCUT2D eigenvalue weighted by atomic mass is 32.2. The zero-order valence-corrected chi connectivity index (χ0v) is 32.0. The smallest absolute Gasteiger partial charge is 0.442 e. The lowest BCUT2D eigenvalue weighted by Gasteiger charge is -2.27. The molecular weight excluding hydrogens is 725 g/mol. The number of rotatable bonds is 12. The maximum absolute atomic E-state index is 13.6. The molecule has 0 radical (unpaired) electrons. The van der Waals surface area contributed by atoms with E-state index in [-0.39, 0.29) is 44.1 Å². The lowest BCUT2D eigenvalue weighted by molar-refractivity contribution is -0.144. The van der Waals surface area contributed by atoms with E-state index in [1.54, 1.807) is 54.5 Å². The number of ether oxygens (including phenoxy) is 4. The minimum absolute atomic E-state index is 0.00545. The van der Waals surface area contributed by atoms with Crippen LogP contribution in [0, 0.1) is 12.3 Å². The summed E-state index contributed by atoms with van der Waals surface area (Å²) in [5.74, 6) is -1.45. The number of carbonyl (C=O) groups is 3. The molecule has 2 aromatic rings. The monoisotopic (exact) mass is 770 g/mol. The third kappa shape index (κ3) is 11.8. The average Bonchev–Trinajstić information content (AvgIpc) is 3.51. The summed E-state index contributed by atoms with van der Waals surface area (Å²) >= 11 is 0. The second-order valence-electron chi connectivity index (χ2n) is 13.5. The van der Waals surface area contributed by atoms with Gasteiger partial charge in [0.25, 0.3) is 0 Å². The number of nitrogens with one attached hydrogen (secondary N) is 2. The number of nitrogens with zero attached hydrogens (tertiary/aromatic N) is 2. The highest BCUT2D eigenvalue weighted by Gasteiger charge is 2.42. The van der Waals surface area contributed by atoms with Crippen molar-refractivity contribution in [1.82, 2.24) is 14.7 Å². The number of esters is 1. The first kappa shape index (κ1) is 42.0. The van der Waals surface area contributed by atoms with Crippen LogP contribution in [-0.2, 0) is 44.0 Å². The maximum atomic E-state index is 13.6. The molecule has 0 saturated carbocycles. The molecule has 2 amide bonds. The number of benzene rings is 2. The highest BCUT2D eigenvalue weighted by molar-refractivity contribution is 7.91. The van der Waals surface area contributed by atoms with E-state index in [1.807, 2.05) is 0 Å². The number of methoxy groups -OCH3 is 1. The fourth-order valence-corrected chi connectivity index (χ4v) is 8.12. The molecule has 52 heavy (non-hydrogen) atoms. The van der Waals surface area contributed by atoms with E-state index >= 15 is 0 Å². The summed E-state index contributed by atoms with van der Waals surface area (Å²) in [5, 5.41) is 10.8. The van der Waals surface area contributed by atoms with Crippen molar-refractivity contribution in [1.29, 1.82) is 5.41 Å². The lowest BCUT2D eigenvalue weighted by Crippen LogP contribution is -2.49. The van der Waals surface area contributed by atoms with Crippen molar-refractivity contribution in [3.63, 3.8) is 0 Å². The van der Waals surface area contributed by atoms with Gasteiger partial charge in [0.1, 0.15) is 38.5 Å². The molecule has 1 saturated heterocycles. The van der Waals surface area contributed by atoms with Crippen LogP contribution in [0.4, 0.5) is 9.59 Å². The van der Waals surface area contributed by atoms with Gasteiger partial charge in [-0.1, -0.05) is 12.1 Å². The van der Waals surface area contributed by atoms with Crippen LogP contribution in [-0.4, -0.2) is 94.4 Å². The van der Waals surface area contributed by atoms with Crippen molar-refractivity contribution >= 4 is 44.3 Å². The molecule has 1 fully saturated rings. The predicted octanol–water partition coefficient (Wildman–Crippen LogP) is 4.49. The Balaban J connectivity index is 1.70. The van der Waals surface area contributed by atoms with E-state index in [1.165, 1.54) is 24.3 Å². The van der Waals surface area contributed by atoms with Crippen LogP contribution in [0.2, 0.25) is 0 Å². The standard InChI is InChI=1S/C33H46N4O13S2/c1-22-19-23(46-17-12-18-47-37(31(40)49-33(5,6)7)29(34)35-30(39)48-32(2,3)4)21-24(20-22)50-52(43,44)27-15-10-9-14-26(27)51(41,42)36-16-11-13-25(36)28(38)45-8/h9-10,14-15,19-21,25H,11-13,16-18H2,1-8H3,(H2,34,35,39). The summed E-state index contributed by atoms with van der Waals surface area (Å²) in [4.78, 5) is 41.5. The number of hydrogen-bond donors (Lipinski definition) is 2. The molecule has 1 atom stereocenters. The number of guanidine groups is 1. The number of hydrogen-bond acceptors (Lipinski definition) is 14. The minimum Gasteiger partial charge on any atom is -0.493 e. The van der Waals surface area contributed by atoms with Crippen molar-refractivity contribution in [2.45, 2.75) is 94.8 Å². The molecular formula is C33H46N4O13S2. The van der Waals surface area contributed by atoms with Gasteiger partial charge in [-0.05, 0) is 91.1 Å². The number of alkyl carbamates (subject to hydrolysis) is 1. The van der Waals surface area contributed by atoms with Gasteiger partial charge in [0.2, 0.25) is 16.0 Å². The van der Waals surface area contributed by atoms with Gasteiger partial charge in [0, 0.05) is 19.0 Å². The van der Waals surface area contributed by atoms with Crippen molar-refractivity contribution in [2.24, 2.45) is 0 Å². The molecule has 288 valence electrons. The van der Waals surface area contributed by atoms with Gasteiger partial charge < -0.3 is 23.1 Å². The van der Waals surface area contributed by atoms with Crippen LogP contribution in [0.15, 0.2) is 52.3 Å². The first-order valence-corrected chi connectivity index (χ1v) is 19.0. The SMILES string of the molecule is COC(=O)C1CCCN1S(=O)(=O)c1ccccc1S(=O)(=O)Oc1cc(C)cc(OCCCON(C(=N)NC(=O)OC(C)(C)C)C(=O)OC(C)(C)C)c1. The van der Waals surface area contributed by atoms with E-state index in [9.17, 15) is 31.2 Å². The second kappa shape index (κ2) is 16.9. The highest BCUT2D eigenvalue weighted by Crippen LogP contribution is 2.33. The fraction of sp³-hybridized carbons (Fsp3) is 0.515. The summed E-state index contributed by atoms with van der Waals surface area (Å²) in [6.45, 7) is 11.2.